The highest BCUT2D eigenvalue weighted by Crippen LogP contribution is 1.80. The third kappa shape index (κ3) is 9.66. The van der Waals surface area contributed by atoms with Crippen LogP contribution in [-0.2, 0) is 14.2 Å². The van der Waals surface area contributed by atoms with E-state index in [9.17, 15) is 4.79 Å². The molecule has 0 unspecified atom stereocenters. The number of hydroxylamine groups is 2. The third-order valence-corrected chi connectivity index (χ3v) is 1.62. The molecule has 7 nitrogen and oxygen atoms in total. The predicted molar refractivity (Wildman–Crippen MR) is 56.5 cm³/mol. The van der Waals surface area contributed by atoms with Gasteiger partial charge in [-0.1, -0.05) is 0 Å². The Morgan fingerprint density at radius 1 is 1.19 bits per heavy atom. The van der Waals surface area contributed by atoms with Crippen molar-refractivity contribution < 1.29 is 24.2 Å². The van der Waals surface area contributed by atoms with E-state index in [-0.39, 0.29) is 0 Å². The lowest BCUT2D eigenvalue weighted by molar-refractivity contribution is -0.0194. The topological polar surface area (TPSA) is 80.3 Å². The Morgan fingerprint density at radius 2 is 1.75 bits per heavy atom. The molecule has 0 aliphatic rings. The normalized spacial score (nSPS) is 10.2. The average Bonchev–Trinajstić information content (AvgIpc) is 2.26. The molecule has 2 amide bonds. The van der Waals surface area contributed by atoms with Crippen LogP contribution in [0.1, 0.15) is 0 Å². The van der Waals surface area contributed by atoms with Gasteiger partial charge in [0, 0.05) is 20.7 Å². The van der Waals surface area contributed by atoms with Crippen LogP contribution in [0.15, 0.2) is 0 Å². The van der Waals surface area contributed by atoms with Crippen molar-refractivity contribution in [3.05, 3.63) is 0 Å². The average molecular weight is 236 g/mol. The summed E-state index contributed by atoms with van der Waals surface area (Å²) in [6.07, 6.45) is 0. The summed E-state index contributed by atoms with van der Waals surface area (Å²) in [4.78, 5) is 10.8. The summed E-state index contributed by atoms with van der Waals surface area (Å²) in [5.41, 5.74) is 0. The second kappa shape index (κ2) is 10.6. The molecule has 0 fully saturated rings. The summed E-state index contributed by atoms with van der Waals surface area (Å²) < 4.78 is 15.1. The molecule has 0 spiro atoms. The van der Waals surface area contributed by atoms with Crippen LogP contribution < -0.4 is 5.32 Å². The van der Waals surface area contributed by atoms with Crippen molar-refractivity contribution in [1.29, 1.82) is 0 Å². The van der Waals surface area contributed by atoms with Gasteiger partial charge in [0.15, 0.2) is 0 Å². The van der Waals surface area contributed by atoms with Gasteiger partial charge in [-0.3, -0.25) is 5.21 Å². The molecule has 96 valence electrons. The molecule has 0 atom stereocenters. The zero-order chi connectivity index (χ0) is 12.2. The molecular formula is C9H20N2O5. The maximum atomic E-state index is 10.8. The number of urea groups is 1. The molecule has 0 bridgehead atoms. The molecule has 0 aliphatic heterocycles. The highest BCUT2D eigenvalue weighted by Gasteiger charge is 2.02. The van der Waals surface area contributed by atoms with E-state index in [0.717, 1.165) is 0 Å². The number of amides is 2. The van der Waals surface area contributed by atoms with Crippen LogP contribution >= 0.6 is 0 Å². The summed E-state index contributed by atoms with van der Waals surface area (Å²) in [6.45, 7) is 2.81. The van der Waals surface area contributed by atoms with Gasteiger partial charge in [-0.2, -0.15) is 0 Å². The van der Waals surface area contributed by atoms with Gasteiger partial charge >= 0.3 is 6.03 Å². The van der Waals surface area contributed by atoms with Crippen molar-refractivity contribution in [3.8, 4) is 0 Å². The zero-order valence-corrected chi connectivity index (χ0v) is 9.77. The number of rotatable bonds is 9. The lowest BCUT2D eigenvalue weighted by Crippen LogP contribution is -2.36. The van der Waals surface area contributed by atoms with Gasteiger partial charge in [0.25, 0.3) is 0 Å². The van der Waals surface area contributed by atoms with E-state index in [1.54, 1.807) is 7.11 Å². The van der Waals surface area contributed by atoms with Crippen molar-refractivity contribution >= 4 is 6.03 Å². The first-order valence-electron chi connectivity index (χ1n) is 5.03. The fourth-order valence-electron chi connectivity index (χ4n) is 0.809. The zero-order valence-electron chi connectivity index (χ0n) is 9.77. The Hall–Kier alpha value is -0.890. The number of hydrogen-bond donors (Lipinski definition) is 2. The van der Waals surface area contributed by atoms with Crippen molar-refractivity contribution in [2.24, 2.45) is 0 Å². The molecule has 0 aliphatic carbocycles. The molecule has 0 aromatic rings. The minimum absolute atomic E-state index is 0.349. The minimum atomic E-state index is -0.556. The SMILES string of the molecule is COCCOCCOCCNC(=O)N(C)O. The highest BCUT2D eigenvalue weighted by atomic mass is 16.5. The Balaban J connectivity index is 3.07. The van der Waals surface area contributed by atoms with Gasteiger partial charge in [0.2, 0.25) is 0 Å². The summed E-state index contributed by atoms with van der Waals surface area (Å²) >= 11 is 0. The summed E-state index contributed by atoms with van der Waals surface area (Å²) in [6, 6.07) is -0.556. The first-order valence-corrected chi connectivity index (χ1v) is 5.03. The van der Waals surface area contributed by atoms with Gasteiger partial charge < -0.3 is 19.5 Å². The molecular weight excluding hydrogens is 216 g/mol. The summed E-state index contributed by atoms with van der Waals surface area (Å²) in [5.74, 6) is 0. The third-order valence-electron chi connectivity index (χ3n) is 1.62. The number of nitrogens with one attached hydrogen (secondary N) is 1. The summed E-state index contributed by atoms with van der Waals surface area (Å²) in [7, 11) is 2.86. The van der Waals surface area contributed by atoms with Crippen LogP contribution in [-0.4, -0.2) is 70.0 Å². The van der Waals surface area contributed by atoms with Crippen LogP contribution in [0.3, 0.4) is 0 Å². The van der Waals surface area contributed by atoms with Crippen LogP contribution in [0.25, 0.3) is 0 Å². The first kappa shape index (κ1) is 15.1. The molecule has 2 N–H and O–H groups in total. The standard InChI is InChI=1S/C9H20N2O5/c1-11(13)9(12)10-3-4-15-7-8-16-6-5-14-2/h13H,3-8H2,1-2H3,(H,10,12). The van der Waals surface area contributed by atoms with Crippen LogP contribution in [0, 0.1) is 0 Å². The lowest BCUT2D eigenvalue weighted by Gasteiger charge is -2.10. The fourth-order valence-corrected chi connectivity index (χ4v) is 0.809. The number of ether oxygens (including phenoxy) is 3. The Bertz CT molecular complexity index is 177. The maximum absolute atomic E-state index is 10.8. The van der Waals surface area contributed by atoms with E-state index >= 15 is 0 Å². The number of nitrogens with zero attached hydrogens (tertiary/aromatic N) is 1. The number of carbonyl (C=O) groups is 1. The van der Waals surface area contributed by atoms with Crippen molar-refractivity contribution in [3.63, 3.8) is 0 Å². The molecule has 7 heteroatoms. The van der Waals surface area contributed by atoms with Gasteiger partial charge in [-0.05, 0) is 0 Å². The minimum Gasteiger partial charge on any atom is -0.382 e. The summed E-state index contributed by atoms with van der Waals surface area (Å²) in [5, 5.41) is 11.6. The Labute approximate surface area is 95.2 Å². The number of methoxy groups -OCH3 is 1. The van der Waals surface area contributed by atoms with Crippen molar-refractivity contribution in [2.75, 3.05) is 53.7 Å². The lowest BCUT2D eigenvalue weighted by atomic mass is 10.6. The van der Waals surface area contributed by atoms with Crippen LogP contribution in [0.4, 0.5) is 4.79 Å². The number of carbonyl (C=O) groups excluding carboxylic acids is 1. The molecule has 0 heterocycles. The van der Waals surface area contributed by atoms with E-state index < -0.39 is 6.03 Å². The molecule has 0 saturated heterocycles. The largest absolute Gasteiger partial charge is 0.382 e. The van der Waals surface area contributed by atoms with E-state index in [2.05, 4.69) is 5.32 Å². The van der Waals surface area contributed by atoms with Gasteiger partial charge in [0.05, 0.1) is 33.0 Å². The van der Waals surface area contributed by atoms with Gasteiger partial charge in [0.1, 0.15) is 0 Å². The first-order chi connectivity index (χ1) is 7.68. The Morgan fingerprint density at radius 3 is 2.31 bits per heavy atom. The second-order valence-electron chi connectivity index (χ2n) is 2.97. The van der Waals surface area contributed by atoms with Crippen LogP contribution in [0.5, 0.6) is 0 Å². The van der Waals surface area contributed by atoms with E-state index in [1.807, 2.05) is 0 Å². The molecule has 0 aromatic heterocycles. The Kier molecular flexibility index (Phi) is 10.0. The van der Waals surface area contributed by atoms with E-state index in [0.29, 0.717) is 44.6 Å². The molecule has 0 saturated carbocycles. The molecule has 16 heavy (non-hydrogen) atoms. The monoisotopic (exact) mass is 236 g/mol. The molecule has 0 aromatic carbocycles. The van der Waals surface area contributed by atoms with Gasteiger partial charge in [-0.15, -0.1) is 0 Å². The predicted octanol–water partition coefficient (Wildman–Crippen LogP) is -0.303. The number of hydrogen-bond acceptors (Lipinski definition) is 5. The fraction of sp³-hybridized carbons (Fsp3) is 0.889. The van der Waals surface area contributed by atoms with E-state index in [4.69, 9.17) is 19.4 Å². The molecule has 0 radical (unpaired) electrons. The highest BCUT2D eigenvalue weighted by molar-refractivity contribution is 5.72. The van der Waals surface area contributed by atoms with Crippen molar-refractivity contribution in [1.82, 2.24) is 10.4 Å². The van der Waals surface area contributed by atoms with Crippen molar-refractivity contribution in [2.45, 2.75) is 0 Å². The maximum Gasteiger partial charge on any atom is 0.340 e. The van der Waals surface area contributed by atoms with E-state index in [1.165, 1.54) is 7.05 Å². The van der Waals surface area contributed by atoms with Crippen LogP contribution in [0.2, 0.25) is 0 Å². The second-order valence-corrected chi connectivity index (χ2v) is 2.97. The quantitative estimate of drug-likeness (QED) is 0.326. The molecule has 0 rings (SSSR count). The van der Waals surface area contributed by atoms with Gasteiger partial charge in [-0.25, -0.2) is 9.86 Å². The smallest absolute Gasteiger partial charge is 0.340 e.